The highest BCUT2D eigenvalue weighted by atomic mass is 35.5. The lowest BCUT2D eigenvalue weighted by atomic mass is 9.91. The number of carbonyl (C=O) groups is 1. The molecule has 0 heterocycles. The Labute approximate surface area is 174 Å². The van der Waals surface area contributed by atoms with Gasteiger partial charge in [-0.15, -0.1) is 0 Å². The van der Waals surface area contributed by atoms with E-state index in [-0.39, 0.29) is 5.91 Å². The van der Waals surface area contributed by atoms with Crippen LogP contribution in [0.1, 0.15) is 38.5 Å². The second-order valence-electron chi connectivity index (χ2n) is 6.57. The van der Waals surface area contributed by atoms with Crippen molar-refractivity contribution in [3.63, 3.8) is 0 Å². The first kappa shape index (κ1) is 19.9. The zero-order valence-corrected chi connectivity index (χ0v) is 17.0. The molecule has 28 heavy (non-hydrogen) atoms. The number of rotatable bonds is 4. The van der Waals surface area contributed by atoms with Gasteiger partial charge in [0.05, 0.1) is 12.0 Å². The molecule has 0 aromatic heterocycles. The summed E-state index contributed by atoms with van der Waals surface area (Å²) in [7, 11) is 0. The molecule has 0 aliphatic carbocycles. The summed E-state index contributed by atoms with van der Waals surface area (Å²) in [6.07, 6.45) is 0. The van der Waals surface area contributed by atoms with Gasteiger partial charge in [-0.05, 0) is 60.4 Å². The predicted octanol–water partition coefficient (Wildman–Crippen LogP) is 6.52. The van der Waals surface area contributed by atoms with Crippen molar-refractivity contribution in [2.75, 3.05) is 5.32 Å². The third-order valence-electron chi connectivity index (χ3n) is 4.63. The van der Waals surface area contributed by atoms with E-state index in [1.807, 2.05) is 50.2 Å². The molecular formula is C23H18Cl2N2O. The molecule has 1 atom stereocenters. The highest BCUT2D eigenvalue weighted by molar-refractivity contribution is 6.32. The normalized spacial score (nSPS) is 11.5. The van der Waals surface area contributed by atoms with E-state index in [9.17, 15) is 10.1 Å². The molecule has 1 amide bonds. The highest BCUT2D eigenvalue weighted by Gasteiger charge is 2.19. The van der Waals surface area contributed by atoms with E-state index in [1.165, 1.54) is 0 Å². The Morgan fingerprint density at radius 1 is 1.00 bits per heavy atom. The van der Waals surface area contributed by atoms with Crippen molar-refractivity contribution in [2.24, 2.45) is 0 Å². The summed E-state index contributed by atoms with van der Waals surface area (Å²) in [6.45, 7) is 3.77. The van der Waals surface area contributed by atoms with Crippen molar-refractivity contribution in [3.8, 4) is 6.07 Å². The van der Waals surface area contributed by atoms with Crippen LogP contribution in [0.3, 0.4) is 0 Å². The Bertz CT molecular complexity index is 1070. The number of carbonyl (C=O) groups excluding carboxylic acids is 1. The predicted molar refractivity (Wildman–Crippen MR) is 114 cm³/mol. The van der Waals surface area contributed by atoms with Gasteiger partial charge < -0.3 is 5.32 Å². The second kappa shape index (κ2) is 8.48. The van der Waals surface area contributed by atoms with Crippen LogP contribution in [0.15, 0.2) is 60.7 Å². The van der Waals surface area contributed by atoms with Gasteiger partial charge in [0, 0.05) is 21.3 Å². The van der Waals surface area contributed by atoms with Crippen LogP contribution in [0.25, 0.3) is 0 Å². The first-order valence-electron chi connectivity index (χ1n) is 8.73. The summed E-state index contributed by atoms with van der Waals surface area (Å²) in [5.74, 6) is -0.718. The van der Waals surface area contributed by atoms with Crippen LogP contribution in [0, 0.1) is 25.2 Å². The third kappa shape index (κ3) is 4.20. The van der Waals surface area contributed by atoms with Crippen molar-refractivity contribution in [2.45, 2.75) is 19.8 Å². The molecule has 0 fully saturated rings. The van der Waals surface area contributed by atoms with Crippen molar-refractivity contribution >= 4 is 34.8 Å². The molecular weight excluding hydrogens is 391 g/mol. The lowest BCUT2D eigenvalue weighted by Crippen LogP contribution is -2.14. The molecule has 3 aromatic carbocycles. The number of halogens is 2. The van der Waals surface area contributed by atoms with Crippen molar-refractivity contribution in [3.05, 3.63) is 98.5 Å². The van der Waals surface area contributed by atoms with Crippen LogP contribution in [0.4, 0.5) is 5.69 Å². The topological polar surface area (TPSA) is 52.9 Å². The molecule has 3 aromatic rings. The third-order valence-corrected chi connectivity index (χ3v) is 5.20. The van der Waals surface area contributed by atoms with E-state index >= 15 is 0 Å². The minimum atomic E-state index is -0.524. The maximum atomic E-state index is 12.6. The van der Waals surface area contributed by atoms with Crippen molar-refractivity contribution in [1.29, 1.82) is 5.26 Å². The summed E-state index contributed by atoms with van der Waals surface area (Å²) in [4.78, 5) is 12.6. The number of amides is 1. The van der Waals surface area contributed by atoms with Crippen molar-refractivity contribution < 1.29 is 4.79 Å². The fraction of sp³-hybridized carbons (Fsp3) is 0.130. The van der Waals surface area contributed by atoms with Gasteiger partial charge in [-0.1, -0.05) is 59.6 Å². The van der Waals surface area contributed by atoms with Crippen LogP contribution >= 0.6 is 23.2 Å². The molecule has 0 saturated heterocycles. The van der Waals surface area contributed by atoms with Gasteiger partial charge in [-0.3, -0.25) is 4.79 Å². The monoisotopic (exact) mass is 408 g/mol. The number of hydrogen-bond acceptors (Lipinski definition) is 2. The lowest BCUT2D eigenvalue weighted by Gasteiger charge is -2.16. The molecule has 3 nitrogen and oxygen atoms in total. The van der Waals surface area contributed by atoms with Crippen LogP contribution in [0.5, 0.6) is 0 Å². The number of nitrogens with zero attached hydrogens (tertiary/aromatic N) is 1. The van der Waals surface area contributed by atoms with Gasteiger partial charge >= 0.3 is 0 Å². The minimum absolute atomic E-state index is 0.195. The molecule has 1 N–H and O–H groups in total. The SMILES string of the molecule is Cc1cc([C@@H](C#N)c2ccc(Cl)cc2)c(Cl)cc1NC(=O)c1ccccc1C. The van der Waals surface area contributed by atoms with Gasteiger partial charge in [-0.25, -0.2) is 0 Å². The fourth-order valence-corrected chi connectivity index (χ4v) is 3.45. The van der Waals surface area contributed by atoms with Gasteiger partial charge in [0.1, 0.15) is 0 Å². The average Bonchev–Trinajstić information content (AvgIpc) is 2.67. The Morgan fingerprint density at radius 3 is 2.32 bits per heavy atom. The summed E-state index contributed by atoms with van der Waals surface area (Å²) >= 11 is 12.4. The maximum absolute atomic E-state index is 12.6. The quantitative estimate of drug-likeness (QED) is 0.534. The van der Waals surface area contributed by atoms with E-state index < -0.39 is 5.92 Å². The van der Waals surface area contributed by atoms with Crippen LogP contribution in [-0.2, 0) is 0 Å². The second-order valence-corrected chi connectivity index (χ2v) is 7.41. The molecule has 5 heteroatoms. The fourth-order valence-electron chi connectivity index (χ4n) is 3.06. The molecule has 0 spiro atoms. The lowest BCUT2D eigenvalue weighted by molar-refractivity contribution is 0.102. The van der Waals surface area contributed by atoms with Crippen molar-refractivity contribution in [1.82, 2.24) is 0 Å². The number of nitriles is 1. The molecule has 0 unspecified atom stereocenters. The molecule has 0 radical (unpaired) electrons. The average molecular weight is 409 g/mol. The molecule has 0 aliphatic rings. The summed E-state index contributed by atoms with van der Waals surface area (Å²) in [5, 5.41) is 13.6. The zero-order valence-electron chi connectivity index (χ0n) is 15.5. The van der Waals surface area contributed by atoms with E-state index in [2.05, 4.69) is 11.4 Å². The zero-order chi connectivity index (χ0) is 20.3. The Kier molecular flexibility index (Phi) is 6.04. The Hall–Kier alpha value is -2.80. The van der Waals surface area contributed by atoms with E-state index in [0.29, 0.717) is 26.9 Å². The van der Waals surface area contributed by atoms with E-state index in [4.69, 9.17) is 23.2 Å². The number of aryl methyl sites for hydroxylation is 2. The molecule has 0 saturated carbocycles. The van der Waals surface area contributed by atoms with Gasteiger partial charge in [0.15, 0.2) is 0 Å². The van der Waals surface area contributed by atoms with Gasteiger partial charge in [0.25, 0.3) is 5.91 Å². The van der Waals surface area contributed by atoms with E-state index in [0.717, 1.165) is 16.7 Å². The molecule has 140 valence electrons. The summed E-state index contributed by atoms with van der Waals surface area (Å²) in [5.41, 5.74) is 4.46. The highest BCUT2D eigenvalue weighted by Crippen LogP contribution is 2.34. The molecule has 0 aliphatic heterocycles. The standard InChI is InChI=1S/C23H18Cl2N2O/c1-14-5-3-4-6-18(14)23(28)27-22-12-21(25)19(11-15(22)2)20(13-26)16-7-9-17(24)10-8-16/h3-12,20H,1-2H3,(H,27,28)/t20-/m0/s1. The Morgan fingerprint density at radius 2 is 1.68 bits per heavy atom. The Balaban J connectivity index is 1.92. The first-order chi connectivity index (χ1) is 13.4. The molecule has 0 bridgehead atoms. The summed E-state index contributed by atoms with van der Waals surface area (Å²) < 4.78 is 0. The van der Waals surface area contributed by atoms with Crippen LogP contribution < -0.4 is 5.32 Å². The number of benzene rings is 3. The van der Waals surface area contributed by atoms with Crippen LogP contribution in [-0.4, -0.2) is 5.91 Å². The van der Waals surface area contributed by atoms with Gasteiger partial charge in [0.2, 0.25) is 0 Å². The largest absolute Gasteiger partial charge is 0.322 e. The first-order valence-corrected chi connectivity index (χ1v) is 9.48. The smallest absolute Gasteiger partial charge is 0.255 e. The van der Waals surface area contributed by atoms with Gasteiger partial charge in [-0.2, -0.15) is 5.26 Å². The number of nitrogens with one attached hydrogen (secondary N) is 1. The maximum Gasteiger partial charge on any atom is 0.255 e. The molecule has 3 rings (SSSR count). The number of anilines is 1. The number of hydrogen-bond donors (Lipinski definition) is 1. The summed E-state index contributed by atoms with van der Waals surface area (Å²) in [6, 6.07) is 20.4. The van der Waals surface area contributed by atoms with E-state index in [1.54, 1.807) is 24.3 Å². The minimum Gasteiger partial charge on any atom is -0.322 e. The van der Waals surface area contributed by atoms with Crippen LogP contribution in [0.2, 0.25) is 10.0 Å².